The van der Waals surface area contributed by atoms with Gasteiger partial charge in [0.2, 0.25) is 0 Å². The van der Waals surface area contributed by atoms with Crippen molar-refractivity contribution in [3.63, 3.8) is 0 Å². The molecule has 118 valence electrons. The second-order valence-corrected chi connectivity index (χ2v) is 5.53. The molecule has 0 saturated heterocycles. The molecule has 1 amide bonds. The average Bonchev–Trinajstić information content (AvgIpc) is 2.86. The molecule has 0 aliphatic carbocycles. The zero-order valence-electron chi connectivity index (χ0n) is 12.8. The van der Waals surface area contributed by atoms with Crippen LogP contribution in [0.15, 0.2) is 28.3 Å². The number of amides is 1. The lowest BCUT2D eigenvalue weighted by atomic mass is 10.2. The summed E-state index contributed by atoms with van der Waals surface area (Å²) >= 11 is 0. The van der Waals surface area contributed by atoms with Gasteiger partial charge in [0.1, 0.15) is 5.56 Å². The van der Waals surface area contributed by atoms with E-state index in [0.717, 1.165) is 16.8 Å². The number of imidazole rings is 1. The normalized spacial score (nSPS) is 10.9. The molecule has 2 N–H and O–H groups in total. The zero-order chi connectivity index (χ0) is 16.3. The van der Waals surface area contributed by atoms with Gasteiger partial charge in [0.05, 0.1) is 18.6 Å². The predicted octanol–water partition coefficient (Wildman–Crippen LogP) is -0.144. The largest absolute Gasteiger partial charge is 0.346 e. The van der Waals surface area contributed by atoms with Crippen molar-refractivity contribution in [2.75, 3.05) is 0 Å². The van der Waals surface area contributed by atoms with Gasteiger partial charge in [-0.05, 0) is 5.92 Å². The van der Waals surface area contributed by atoms with E-state index in [2.05, 4.69) is 29.1 Å². The summed E-state index contributed by atoms with van der Waals surface area (Å²) in [6.07, 6.45) is 4.61. The Balaban J connectivity index is 2.11. The summed E-state index contributed by atoms with van der Waals surface area (Å²) in [7, 11) is 1.47. The fraction of sp³-hybridized carbons (Fsp3) is 0.429. The van der Waals surface area contributed by atoms with Crippen LogP contribution >= 0.6 is 0 Å². The molecule has 0 fully saturated rings. The smallest absolute Gasteiger partial charge is 0.328 e. The first kappa shape index (κ1) is 15.7. The van der Waals surface area contributed by atoms with Crippen molar-refractivity contribution in [2.45, 2.75) is 26.9 Å². The van der Waals surface area contributed by atoms with E-state index < -0.39 is 17.2 Å². The first-order chi connectivity index (χ1) is 10.4. The Morgan fingerprint density at radius 1 is 1.41 bits per heavy atom. The lowest BCUT2D eigenvalue weighted by molar-refractivity contribution is 0.0947. The number of carbonyl (C=O) groups excluding carboxylic acids is 1. The zero-order valence-corrected chi connectivity index (χ0v) is 12.8. The van der Waals surface area contributed by atoms with Crippen molar-refractivity contribution in [2.24, 2.45) is 13.0 Å². The van der Waals surface area contributed by atoms with Gasteiger partial charge < -0.3 is 14.5 Å². The number of H-pyrrole nitrogens is 1. The summed E-state index contributed by atoms with van der Waals surface area (Å²) in [6.45, 7) is 5.23. The molecule has 0 bridgehead atoms. The fourth-order valence-electron chi connectivity index (χ4n) is 2.04. The number of aromatic amines is 1. The van der Waals surface area contributed by atoms with Crippen molar-refractivity contribution in [3.05, 3.63) is 50.8 Å². The number of aryl methyl sites for hydroxylation is 1. The third-order valence-corrected chi connectivity index (χ3v) is 3.14. The van der Waals surface area contributed by atoms with E-state index in [1.165, 1.54) is 13.2 Å². The predicted molar refractivity (Wildman–Crippen MR) is 80.5 cm³/mol. The van der Waals surface area contributed by atoms with Crippen LogP contribution in [-0.4, -0.2) is 25.0 Å². The van der Waals surface area contributed by atoms with E-state index in [1.54, 1.807) is 12.5 Å². The van der Waals surface area contributed by atoms with Crippen molar-refractivity contribution >= 4 is 5.91 Å². The van der Waals surface area contributed by atoms with Gasteiger partial charge in [-0.15, -0.1) is 0 Å². The van der Waals surface area contributed by atoms with Gasteiger partial charge in [0.25, 0.3) is 11.5 Å². The maximum atomic E-state index is 12.1. The van der Waals surface area contributed by atoms with Crippen LogP contribution in [0.2, 0.25) is 0 Å². The van der Waals surface area contributed by atoms with Crippen LogP contribution in [0.1, 0.15) is 29.9 Å². The standard InChI is InChI=1S/C14H19N5O3/c1-9(2)6-19-8-15-4-10(19)5-16-12(20)11-7-18(3)14(22)17-13(11)21/h4,7-9H,5-6H2,1-3H3,(H,16,20)(H,17,21,22). The van der Waals surface area contributed by atoms with Crippen LogP contribution in [0, 0.1) is 5.92 Å². The lowest BCUT2D eigenvalue weighted by Crippen LogP contribution is -2.36. The van der Waals surface area contributed by atoms with Gasteiger partial charge in [0, 0.05) is 26.0 Å². The minimum Gasteiger partial charge on any atom is -0.346 e. The summed E-state index contributed by atoms with van der Waals surface area (Å²) < 4.78 is 3.11. The van der Waals surface area contributed by atoms with Crippen molar-refractivity contribution < 1.29 is 4.79 Å². The van der Waals surface area contributed by atoms with Gasteiger partial charge in [-0.25, -0.2) is 9.78 Å². The Labute approximate surface area is 126 Å². The van der Waals surface area contributed by atoms with Crippen LogP contribution in [0.5, 0.6) is 0 Å². The van der Waals surface area contributed by atoms with E-state index in [-0.39, 0.29) is 12.1 Å². The molecule has 2 heterocycles. The molecule has 0 aliphatic heterocycles. The number of nitrogens with zero attached hydrogens (tertiary/aromatic N) is 3. The van der Waals surface area contributed by atoms with Crippen LogP contribution in [0.3, 0.4) is 0 Å². The van der Waals surface area contributed by atoms with E-state index in [4.69, 9.17) is 0 Å². The van der Waals surface area contributed by atoms with Gasteiger partial charge in [0.15, 0.2) is 0 Å². The van der Waals surface area contributed by atoms with E-state index >= 15 is 0 Å². The molecule has 0 spiro atoms. The third kappa shape index (κ3) is 3.51. The van der Waals surface area contributed by atoms with Gasteiger partial charge in [-0.2, -0.15) is 0 Å². The minimum absolute atomic E-state index is 0.1000. The second-order valence-electron chi connectivity index (χ2n) is 5.53. The summed E-state index contributed by atoms with van der Waals surface area (Å²) in [6, 6.07) is 0. The van der Waals surface area contributed by atoms with Gasteiger partial charge >= 0.3 is 5.69 Å². The van der Waals surface area contributed by atoms with Gasteiger partial charge in [-0.1, -0.05) is 13.8 Å². The van der Waals surface area contributed by atoms with Crippen molar-refractivity contribution in [1.29, 1.82) is 0 Å². The number of nitrogens with one attached hydrogen (secondary N) is 2. The van der Waals surface area contributed by atoms with Crippen LogP contribution in [-0.2, 0) is 20.1 Å². The maximum absolute atomic E-state index is 12.1. The van der Waals surface area contributed by atoms with Crippen LogP contribution < -0.4 is 16.6 Å². The van der Waals surface area contributed by atoms with E-state index in [0.29, 0.717) is 5.92 Å². The number of carbonyl (C=O) groups is 1. The molecular weight excluding hydrogens is 286 g/mol. The summed E-state index contributed by atoms with van der Waals surface area (Å²) in [5, 5.41) is 2.67. The third-order valence-electron chi connectivity index (χ3n) is 3.14. The minimum atomic E-state index is -0.698. The number of hydrogen-bond acceptors (Lipinski definition) is 4. The summed E-state index contributed by atoms with van der Waals surface area (Å²) in [5.74, 6) is -0.0794. The van der Waals surface area contributed by atoms with Crippen LogP contribution in [0.25, 0.3) is 0 Å². The molecule has 0 radical (unpaired) electrons. The lowest BCUT2D eigenvalue weighted by Gasteiger charge is -2.11. The molecule has 8 nitrogen and oxygen atoms in total. The second kappa shape index (κ2) is 6.42. The molecule has 0 aliphatic rings. The SMILES string of the molecule is CC(C)Cn1cncc1CNC(=O)c1cn(C)c(=O)[nH]c1=O. The maximum Gasteiger partial charge on any atom is 0.328 e. The summed E-state index contributed by atoms with van der Waals surface area (Å²) in [5.41, 5.74) is -0.506. The number of hydrogen-bond donors (Lipinski definition) is 2. The van der Waals surface area contributed by atoms with Crippen molar-refractivity contribution in [1.82, 2.24) is 24.4 Å². The Morgan fingerprint density at radius 3 is 2.82 bits per heavy atom. The molecule has 8 heteroatoms. The Bertz CT molecular complexity index is 784. The highest BCUT2D eigenvalue weighted by Crippen LogP contribution is 2.04. The first-order valence-corrected chi connectivity index (χ1v) is 6.95. The molecule has 0 unspecified atom stereocenters. The van der Waals surface area contributed by atoms with Crippen LogP contribution in [0.4, 0.5) is 0 Å². The van der Waals surface area contributed by atoms with Crippen molar-refractivity contribution in [3.8, 4) is 0 Å². The first-order valence-electron chi connectivity index (χ1n) is 6.95. The number of rotatable bonds is 5. The Kier molecular flexibility index (Phi) is 4.59. The molecule has 0 saturated carbocycles. The average molecular weight is 305 g/mol. The van der Waals surface area contributed by atoms with Gasteiger partial charge in [-0.3, -0.25) is 14.6 Å². The Hall–Kier alpha value is -2.64. The fourth-order valence-corrected chi connectivity index (χ4v) is 2.04. The Morgan fingerprint density at radius 2 is 2.14 bits per heavy atom. The highest BCUT2D eigenvalue weighted by atomic mass is 16.2. The van der Waals surface area contributed by atoms with E-state index in [9.17, 15) is 14.4 Å². The number of aromatic nitrogens is 4. The molecule has 0 aromatic carbocycles. The monoisotopic (exact) mass is 305 g/mol. The van der Waals surface area contributed by atoms with E-state index in [1.807, 2.05) is 4.57 Å². The molecule has 2 aromatic rings. The molecule has 22 heavy (non-hydrogen) atoms. The topological polar surface area (TPSA) is 102 Å². The highest BCUT2D eigenvalue weighted by molar-refractivity contribution is 5.93. The quantitative estimate of drug-likeness (QED) is 0.802. The molecule has 2 aromatic heterocycles. The summed E-state index contributed by atoms with van der Waals surface area (Å²) in [4.78, 5) is 41.2. The molecule has 0 atom stereocenters. The molecule has 2 rings (SSSR count). The molecular formula is C14H19N5O3. The highest BCUT2D eigenvalue weighted by Gasteiger charge is 2.13.